The fourth-order valence-electron chi connectivity index (χ4n) is 0.907. The Morgan fingerprint density at radius 1 is 1.40 bits per heavy atom. The maximum atomic E-state index is 9.05. The Labute approximate surface area is 63.2 Å². The molecule has 0 amide bonds. The summed E-state index contributed by atoms with van der Waals surface area (Å²) in [5.74, 6) is 0. The van der Waals surface area contributed by atoms with Gasteiger partial charge in [0.15, 0.2) is 0 Å². The van der Waals surface area contributed by atoms with E-state index in [1.807, 2.05) is 20.8 Å². The zero-order valence-corrected chi connectivity index (χ0v) is 7.13. The summed E-state index contributed by atoms with van der Waals surface area (Å²) in [4.78, 5) is 0. The van der Waals surface area contributed by atoms with Gasteiger partial charge in [-0.2, -0.15) is 0 Å². The Morgan fingerprint density at radius 3 is 2.30 bits per heavy atom. The fraction of sp³-hybridized carbons (Fsp3) is 1.00. The molecule has 0 saturated carbocycles. The van der Waals surface area contributed by atoms with Gasteiger partial charge >= 0.3 is 0 Å². The minimum atomic E-state index is -0.219. The summed E-state index contributed by atoms with van der Waals surface area (Å²) in [5, 5.41) is 9.05. The molecular formula is C8H18O2. The van der Waals surface area contributed by atoms with Crippen LogP contribution in [0.3, 0.4) is 0 Å². The minimum Gasteiger partial charge on any atom is -0.390 e. The van der Waals surface area contributed by atoms with Crippen LogP contribution in [0.25, 0.3) is 0 Å². The summed E-state index contributed by atoms with van der Waals surface area (Å²) < 4.78 is 5.14. The molecule has 1 saturated heterocycles. The van der Waals surface area contributed by atoms with Crippen molar-refractivity contribution in [2.75, 3.05) is 6.61 Å². The first kappa shape index (κ1) is 9.92. The SMILES string of the molecule is CC.CC1OCCCC1O. The van der Waals surface area contributed by atoms with Gasteiger partial charge in [-0.25, -0.2) is 0 Å². The average Bonchev–Trinajstić information content (AvgIpc) is 2.00. The van der Waals surface area contributed by atoms with Crippen molar-refractivity contribution in [2.45, 2.75) is 45.8 Å². The third kappa shape index (κ3) is 3.18. The molecule has 10 heavy (non-hydrogen) atoms. The zero-order chi connectivity index (χ0) is 7.98. The van der Waals surface area contributed by atoms with Gasteiger partial charge < -0.3 is 9.84 Å². The first-order chi connectivity index (χ1) is 4.80. The van der Waals surface area contributed by atoms with E-state index in [-0.39, 0.29) is 12.2 Å². The van der Waals surface area contributed by atoms with E-state index in [2.05, 4.69) is 0 Å². The van der Waals surface area contributed by atoms with Crippen LogP contribution in [-0.2, 0) is 4.74 Å². The van der Waals surface area contributed by atoms with Gasteiger partial charge in [0.05, 0.1) is 12.2 Å². The predicted octanol–water partition coefficient (Wildman–Crippen LogP) is 1.57. The normalized spacial score (nSPS) is 32.4. The smallest absolute Gasteiger partial charge is 0.0805 e. The molecule has 1 heterocycles. The van der Waals surface area contributed by atoms with E-state index in [9.17, 15) is 0 Å². The molecule has 1 aliphatic heterocycles. The van der Waals surface area contributed by atoms with Crippen molar-refractivity contribution in [1.29, 1.82) is 0 Å². The number of hydrogen-bond acceptors (Lipinski definition) is 2. The van der Waals surface area contributed by atoms with Crippen LogP contribution in [-0.4, -0.2) is 23.9 Å². The molecule has 1 rings (SSSR count). The molecule has 1 N–H and O–H groups in total. The second-order valence-corrected chi connectivity index (χ2v) is 2.29. The van der Waals surface area contributed by atoms with Crippen molar-refractivity contribution >= 4 is 0 Å². The van der Waals surface area contributed by atoms with E-state index in [1.165, 1.54) is 0 Å². The highest BCUT2D eigenvalue weighted by atomic mass is 16.5. The second-order valence-electron chi connectivity index (χ2n) is 2.29. The Bertz CT molecular complexity index is 63.7. The molecule has 2 atom stereocenters. The van der Waals surface area contributed by atoms with E-state index in [0.717, 1.165) is 19.4 Å². The number of rotatable bonds is 0. The third-order valence-corrected chi connectivity index (χ3v) is 1.57. The van der Waals surface area contributed by atoms with E-state index in [4.69, 9.17) is 9.84 Å². The zero-order valence-electron chi connectivity index (χ0n) is 7.13. The standard InChI is InChI=1S/C6H12O2.C2H6/c1-5-6(7)3-2-4-8-5;1-2/h5-7H,2-4H2,1H3;1-2H3. The second kappa shape index (κ2) is 5.69. The quantitative estimate of drug-likeness (QED) is 0.562. The Balaban J connectivity index is 0.000000371. The molecule has 2 unspecified atom stereocenters. The summed E-state index contributed by atoms with van der Waals surface area (Å²) >= 11 is 0. The van der Waals surface area contributed by atoms with Crippen molar-refractivity contribution in [2.24, 2.45) is 0 Å². The van der Waals surface area contributed by atoms with Gasteiger partial charge in [0.1, 0.15) is 0 Å². The first-order valence-electron chi connectivity index (χ1n) is 4.10. The van der Waals surface area contributed by atoms with Crippen LogP contribution < -0.4 is 0 Å². The first-order valence-corrected chi connectivity index (χ1v) is 4.10. The average molecular weight is 146 g/mol. The predicted molar refractivity (Wildman–Crippen MR) is 42.0 cm³/mol. The van der Waals surface area contributed by atoms with Crippen LogP contribution >= 0.6 is 0 Å². The Hall–Kier alpha value is -0.0800. The van der Waals surface area contributed by atoms with E-state index < -0.39 is 0 Å². The van der Waals surface area contributed by atoms with Gasteiger partial charge in [-0.15, -0.1) is 0 Å². The van der Waals surface area contributed by atoms with Gasteiger partial charge in [0, 0.05) is 6.61 Å². The molecule has 0 aromatic rings. The van der Waals surface area contributed by atoms with Crippen LogP contribution in [0, 0.1) is 0 Å². The largest absolute Gasteiger partial charge is 0.390 e. The van der Waals surface area contributed by atoms with Crippen molar-refractivity contribution in [3.05, 3.63) is 0 Å². The molecule has 0 spiro atoms. The van der Waals surface area contributed by atoms with Crippen molar-refractivity contribution in [1.82, 2.24) is 0 Å². The van der Waals surface area contributed by atoms with E-state index >= 15 is 0 Å². The van der Waals surface area contributed by atoms with Crippen LogP contribution in [0.15, 0.2) is 0 Å². The Morgan fingerprint density at radius 2 is 2.00 bits per heavy atom. The van der Waals surface area contributed by atoms with E-state index in [1.54, 1.807) is 0 Å². The number of ether oxygens (including phenoxy) is 1. The van der Waals surface area contributed by atoms with Crippen molar-refractivity contribution in [3.8, 4) is 0 Å². The van der Waals surface area contributed by atoms with Gasteiger partial charge in [-0.1, -0.05) is 13.8 Å². The molecule has 0 bridgehead atoms. The molecule has 0 aromatic carbocycles. The maximum absolute atomic E-state index is 9.05. The third-order valence-electron chi connectivity index (χ3n) is 1.57. The molecule has 0 radical (unpaired) electrons. The molecule has 2 nitrogen and oxygen atoms in total. The molecule has 1 fully saturated rings. The molecule has 1 aliphatic rings. The van der Waals surface area contributed by atoms with Crippen molar-refractivity contribution in [3.63, 3.8) is 0 Å². The summed E-state index contributed by atoms with van der Waals surface area (Å²) in [7, 11) is 0. The lowest BCUT2D eigenvalue weighted by atomic mass is 10.1. The molecule has 2 heteroatoms. The molecule has 62 valence electrons. The highest BCUT2D eigenvalue weighted by molar-refractivity contribution is 4.67. The molecule has 0 aromatic heterocycles. The monoisotopic (exact) mass is 146 g/mol. The van der Waals surface area contributed by atoms with E-state index in [0.29, 0.717) is 0 Å². The van der Waals surface area contributed by atoms with Crippen LogP contribution in [0.5, 0.6) is 0 Å². The Kier molecular flexibility index (Phi) is 5.64. The summed E-state index contributed by atoms with van der Waals surface area (Å²) in [6.45, 7) is 6.72. The highest BCUT2D eigenvalue weighted by Gasteiger charge is 2.18. The fourth-order valence-corrected chi connectivity index (χ4v) is 0.907. The van der Waals surface area contributed by atoms with Gasteiger partial charge in [-0.3, -0.25) is 0 Å². The van der Waals surface area contributed by atoms with Crippen molar-refractivity contribution < 1.29 is 9.84 Å². The lowest BCUT2D eigenvalue weighted by Gasteiger charge is -2.24. The van der Waals surface area contributed by atoms with Gasteiger partial charge in [0.25, 0.3) is 0 Å². The number of aliphatic hydroxyl groups excluding tert-OH is 1. The summed E-state index contributed by atoms with van der Waals surface area (Å²) in [6.07, 6.45) is 1.75. The minimum absolute atomic E-state index is 0.0590. The topological polar surface area (TPSA) is 29.5 Å². The summed E-state index contributed by atoms with van der Waals surface area (Å²) in [5.41, 5.74) is 0. The molecular weight excluding hydrogens is 128 g/mol. The summed E-state index contributed by atoms with van der Waals surface area (Å²) in [6, 6.07) is 0. The van der Waals surface area contributed by atoms with Gasteiger partial charge in [0.2, 0.25) is 0 Å². The maximum Gasteiger partial charge on any atom is 0.0805 e. The molecule has 0 aliphatic carbocycles. The van der Waals surface area contributed by atoms with Gasteiger partial charge in [-0.05, 0) is 19.8 Å². The van der Waals surface area contributed by atoms with Crippen LogP contribution in [0.1, 0.15) is 33.6 Å². The van der Waals surface area contributed by atoms with Crippen LogP contribution in [0.4, 0.5) is 0 Å². The highest BCUT2D eigenvalue weighted by Crippen LogP contribution is 2.11. The number of hydrogen-bond donors (Lipinski definition) is 1. The van der Waals surface area contributed by atoms with Crippen LogP contribution in [0.2, 0.25) is 0 Å². The number of aliphatic hydroxyl groups is 1. The lowest BCUT2D eigenvalue weighted by molar-refractivity contribution is -0.0634. The lowest BCUT2D eigenvalue weighted by Crippen LogP contribution is -2.30.